The third kappa shape index (κ3) is 4.30. The molecule has 0 saturated heterocycles. The number of nitrogens with one attached hydrogen (secondary N) is 2. The summed E-state index contributed by atoms with van der Waals surface area (Å²) >= 11 is 0. The second kappa shape index (κ2) is 9.31. The van der Waals surface area contributed by atoms with E-state index in [-0.39, 0.29) is 6.03 Å². The van der Waals surface area contributed by atoms with Gasteiger partial charge in [0, 0.05) is 35.8 Å². The largest absolute Gasteiger partial charge is 0.497 e. The van der Waals surface area contributed by atoms with Crippen molar-refractivity contribution < 1.29 is 9.53 Å². The number of anilines is 2. The molecule has 0 bridgehead atoms. The second-order valence-corrected chi connectivity index (χ2v) is 7.42. The van der Waals surface area contributed by atoms with Gasteiger partial charge in [-0.2, -0.15) is 0 Å². The highest BCUT2D eigenvalue weighted by molar-refractivity contribution is 6.02. The van der Waals surface area contributed by atoms with E-state index in [4.69, 9.17) is 10.5 Å². The number of aromatic nitrogens is 1. The first kappa shape index (κ1) is 21.1. The highest BCUT2D eigenvalue weighted by Crippen LogP contribution is 2.38. The summed E-state index contributed by atoms with van der Waals surface area (Å²) in [4.78, 5) is 12.1. The van der Waals surface area contributed by atoms with Crippen LogP contribution in [0.2, 0.25) is 0 Å². The first-order valence-corrected chi connectivity index (χ1v) is 10.4. The van der Waals surface area contributed by atoms with Crippen LogP contribution in [0.15, 0.2) is 85.5 Å². The van der Waals surface area contributed by atoms with Crippen LogP contribution in [0, 0.1) is 0 Å². The van der Waals surface area contributed by atoms with Gasteiger partial charge in [0.15, 0.2) is 0 Å². The summed E-state index contributed by atoms with van der Waals surface area (Å²) in [6, 6.07) is 23.5. The van der Waals surface area contributed by atoms with Crippen molar-refractivity contribution in [1.29, 1.82) is 0 Å². The van der Waals surface area contributed by atoms with E-state index >= 15 is 0 Å². The monoisotopic (exact) mass is 426 g/mol. The average Bonchev–Trinajstić information content (AvgIpc) is 3.09. The number of rotatable bonds is 7. The number of carbonyl (C=O) groups excluding carboxylic acids is 1. The molecule has 4 aromatic rings. The zero-order chi connectivity index (χ0) is 22.5. The smallest absolute Gasteiger partial charge is 0.319 e. The molecule has 0 atom stereocenters. The maximum atomic E-state index is 12.1. The van der Waals surface area contributed by atoms with Crippen molar-refractivity contribution in [3.8, 4) is 17.0 Å². The van der Waals surface area contributed by atoms with Gasteiger partial charge in [0.05, 0.1) is 24.0 Å². The standard InChI is InChI=1S/C26H26N4O2/c1-3-14-28-26(31)29-20-11-7-10-19(15-20)25-24(27)22-13-12-21(32-2)16-23(22)30(25)17-18-8-5-4-6-9-18/h3-13,15-16H,1,14,17,27H2,2H3,(H2,28,29,31). The van der Waals surface area contributed by atoms with Crippen molar-refractivity contribution in [2.75, 3.05) is 24.7 Å². The molecule has 6 heteroatoms. The topological polar surface area (TPSA) is 81.3 Å². The second-order valence-electron chi connectivity index (χ2n) is 7.42. The molecule has 1 aromatic heterocycles. The van der Waals surface area contributed by atoms with E-state index in [1.807, 2.05) is 60.7 Å². The Hall–Kier alpha value is -4.19. The molecule has 4 rings (SSSR count). The number of methoxy groups -OCH3 is 1. The Labute approximate surface area is 187 Å². The van der Waals surface area contributed by atoms with Crippen LogP contribution < -0.4 is 21.1 Å². The van der Waals surface area contributed by atoms with Gasteiger partial charge in [-0.1, -0.05) is 48.5 Å². The number of nitrogens with two attached hydrogens (primary N) is 1. The summed E-state index contributed by atoms with van der Waals surface area (Å²) in [5.41, 5.74) is 12.0. The van der Waals surface area contributed by atoms with Crippen LogP contribution in [-0.2, 0) is 6.54 Å². The third-order valence-electron chi connectivity index (χ3n) is 5.30. The molecule has 3 aromatic carbocycles. The number of urea groups is 1. The van der Waals surface area contributed by atoms with Crippen LogP contribution in [0.1, 0.15) is 5.56 Å². The van der Waals surface area contributed by atoms with Crippen molar-refractivity contribution >= 4 is 28.3 Å². The number of hydrogen-bond donors (Lipinski definition) is 3. The summed E-state index contributed by atoms with van der Waals surface area (Å²) in [5, 5.41) is 6.53. The van der Waals surface area contributed by atoms with Gasteiger partial charge in [-0.25, -0.2) is 4.79 Å². The van der Waals surface area contributed by atoms with Crippen molar-refractivity contribution in [3.63, 3.8) is 0 Å². The minimum atomic E-state index is -0.287. The van der Waals surface area contributed by atoms with E-state index in [1.54, 1.807) is 13.2 Å². The highest BCUT2D eigenvalue weighted by Gasteiger charge is 2.18. The number of fused-ring (bicyclic) bond motifs is 1. The van der Waals surface area contributed by atoms with Gasteiger partial charge < -0.3 is 25.7 Å². The molecule has 2 amide bonds. The predicted octanol–water partition coefficient (Wildman–Crippen LogP) is 5.25. The summed E-state index contributed by atoms with van der Waals surface area (Å²) in [7, 11) is 1.66. The molecule has 4 N–H and O–H groups in total. The quantitative estimate of drug-likeness (QED) is 0.353. The Morgan fingerprint density at radius 1 is 1.09 bits per heavy atom. The van der Waals surface area contributed by atoms with E-state index < -0.39 is 0 Å². The summed E-state index contributed by atoms with van der Waals surface area (Å²) in [6.45, 7) is 4.65. The molecule has 0 fully saturated rings. The van der Waals surface area contributed by atoms with E-state index in [2.05, 4.69) is 33.9 Å². The number of ether oxygens (including phenoxy) is 1. The first-order valence-electron chi connectivity index (χ1n) is 10.4. The highest BCUT2D eigenvalue weighted by atomic mass is 16.5. The number of nitrogens with zero attached hydrogens (tertiary/aromatic N) is 1. The Morgan fingerprint density at radius 2 is 1.91 bits per heavy atom. The van der Waals surface area contributed by atoms with Crippen molar-refractivity contribution in [1.82, 2.24) is 9.88 Å². The first-order chi connectivity index (χ1) is 15.6. The molecule has 32 heavy (non-hydrogen) atoms. The molecule has 0 saturated carbocycles. The molecule has 0 radical (unpaired) electrons. The normalized spacial score (nSPS) is 10.7. The molecule has 6 nitrogen and oxygen atoms in total. The lowest BCUT2D eigenvalue weighted by Crippen LogP contribution is -2.28. The maximum Gasteiger partial charge on any atom is 0.319 e. The fourth-order valence-electron chi connectivity index (χ4n) is 3.81. The molecule has 0 aliphatic carbocycles. The van der Waals surface area contributed by atoms with E-state index in [9.17, 15) is 4.79 Å². The molecule has 162 valence electrons. The number of hydrogen-bond acceptors (Lipinski definition) is 3. The fourth-order valence-corrected chi connectivity index (χ4v) is 3.81. The number of amides is 2. The fraction of sp³-hybridized carbons (Fsp3) is 0.115. The predicted molar refractivity (Wildman–Crippen MR) is 131 cm³/mol. The van der Waals surface area contributed by atoms with E-state index in [1.165, 1.54) is 0 Å². The summed E-state index contributed by atoms with van der Waals surface area (Å²) in [6.07, 6.45) is 1.63. The molecule has 0 aliphatic heterocycles. The molecule has 0 unspecified atom stereocenters. The number of carbonyl (C=O) groups is 1. The minimum absolute atomic E-state index is 0.287. The molecule has 0 aliphatic rings. The van der Waals surface area contributed by atoms with Crippen LogP contribution in [-0.4, -0.2) is 24.3 Å². The van der Waals surface area contributed by atoms with Crippen LogP contribution in [0.25, 0.3) is 22.2 Å². The van der Waals surface area contributed by atoms with Gasteiger partial charge in [0.1, 0.15) is 5.75 Å². The van der Waals surface area contributed by atoms with Crippen LogP contribution in [0.3, 0.4) is 0 Å². The van der Waals surface area contributed by atoms with Crippen molar-refractivity contribution in [2.45, 2.75) is 6.54 Å². The Bertz CT molecular complexity index is 1260. The number of benzene rings is 3. The van der Waals surface area contributed by atoms with Crippen LogP contribution >= 0.6 is 0 Å². The lowest BCUT2D eigenvalue weighted by molar-refractivity contribution is 0.253. The van der Waals surface area contributed by atoms with Crippen LogP contribution in [0.4, 0.5) is 16.2 Å². The van der Waals surface area contributed by atoms with Gasteiger partial charge in [-0.15, -0.1) is 6.58 Å². The molecular weight excluding hydrogens is 400 g/mol. The maximum absolute atomic E-state index is 12.1. The van der Waals surface area contributed by atoms with Gasteiger partial charge in [-0.05, 0) is 29.8 Å². The SMILES string of the molecule is C=CCNC(=O)Nc1cccc(-c2c(N)c3ccc(OC)cc3n2Cc2ccccc2)c1. The Morgan fingerprint density at radius 3 is 2.66 bits per heavy atom. The van der Waals surface area contributed by atoms with Crippen molar-refractivity contribution in [2.24, 2.45) is 0 Å². The number of nitrogen functional groups attached to an aromatic ring is 1. The van der Waals surface area contributed by atoms with Gasteiger partial charge >= 0.3 is 6.03 Å². The van der Waals surface area contributed by atoms with Crippen LogP contribution in [0.5, 0.6) is 5.75 Å². The zero-order valence-electron chi connectivity index (χ0n) is 18.0. The average molecular weight is 427 g/mol. The molecular formula is C26H26N4O2. The summed E-state index contributed by atoms with van der Waals surface area (Å²) in [5.74, 6) is 0.769. The van der Waals surface area contributed by atoms with Crippen molar-refractivity contribution in [3.05, 3.63) is 91.0 Å². The zero-order valence-corrected chi connectivity index (χ0v) is 18.0. The lowest BCUT2D eigenvalue weighted by Gasteiger charge is -2.14. The summed E-state index contributed by atoms with van der Waals surface area (Å²) < 4.78 is 7.66. The molecule has 0 spiro atoms. The Kier molecular flexibility index (Phi) is 6.12. The van der Waals surface area contributed by atoms with Gasteiger partial charge in [-0.3, -0.25) is 0 Å². The third-order valence-corrected chi connectivity index (χ3v) is 5.30. The van der Waals surface area contributed by atoms with Gasteiger partial charge in [0.25, 0.3) is 0 Å². The Balaban J connectivity index is 1.82. The lowest BCUT2D eigenvalue weighted by atomic mass is 10.1. The van der Waals surface area contributed by atoms with E-state index in [0.29, 0.717) is 24.5 Å². The van der Waals surface area contributed by atoms with E-state index in [0.717, 1.165) is 33.5 Å². The van der Waals surface area contributed by atoms with Gasteiger partial charge in [0.2, 0.25) is 0 Å². The molecule has 1 heterocycles. The minimum Gasteiger partial charge on any atom is -0.497 e.